The Hall–Kier alpha value is -1.84. The van der Waals surface area contributed by atoms with Crippen molar-refractivity contribution in [1.29, 1.82) is 0 Å². The van der Waals surface area contributed by atoms with Gasteiger partial charge in [0.15, 0.2) is 0 Å². The summed E-state index contributed by atoms with van der Waals surface area (Å²) in [4.78, 5) is 22.4. The molecule has 0 atom stereocenters. The lowest BCUT2D eigenvalue weighted by molar-refractivity contribution is -0.141. The Balaban J connectivity index is 2.40. The van der Waals surface area contributed by atoms with Crippen molar-refractivity contribution in [2.75, 3.05) is 13.2 Å². The van der Waals surface area contributed by atoms with Crippen LogP contribution < -0.4 is 5.32 Å². The van der Waals surface area contributed by atoms with Crippen LogP contribution in [0, 0.1) is 0 Å². The first-order valence-corrected chi connectivity index (χ1v) is 4.73. The van der Waals surface area contributed by atoms with E-state index in [1.807, 2.05) is 6.07 Å². The number of nitrogens with one attached hydrogen (secondary N) is 1. The molecule has 0 bridgehead atoms. The summed E-state index contributed by atoms with van der Waals surface area (Å²) in [5, 5.41) is 2.47. The third-order valence-electron chi connectivity index (χ3n) is 1.73. The fourth-order valence-corrected chi connectivity index (χ4v) is 1.06. The average molecular weight is 210 g/mol. The molecule has 80 valence electrons. The topological polar surface area (TPSA) is 55.4 Å². The van der Waals surface area contributed by atoms with E-state index in [-0.39, 0.29) is 12.5 Å². The summed E-state index contributed by atoms with van der Waals surface area (Å²) >= 11 is 0. The standard InChI is InChI=1S/C11H13NO3/c1-2-15-10(13)8-12-11(14)9-6-4-3-5-7-9/h3-7H,2,8H2,1H3,(H,12,14)/i8+1,10+1,12+1. The van der Waals surface area contributed by atoms with Gasteiger partial charge in [-0.2, -0.15) is 0 Å². The number of amides is 1. The number of carbonyl (C=O) groups excluding carboxylic acids is 2. The van der Waals surface area contributed by atoms with Gasteiger partial charge in [-0.05, 0) is 19.1 Å². The maximum atomic E-state index is 11.4. The number of carbonyl (C=O) groups is 2. The van der Waals surface area contributed by atoms with Crippen LogP contribution in [0.5, 0.6) is 0 Å². The highest BCUT2D eigenvalue weighted by Crippen LogP contribution is 1.97. The van der Waals surface area contributed by atoms with Crippen LogP contribution in [0.3, 0.4) is 0 Å². The molecule has 0 spiro atoms. The Labute approximate surface area is 88.2 Å². The Morgan fingerprint density at radius 3 is 2.53 bits per heavy atom. The first-order chi connectivity index (χ1) is 7.24. The second-order valence-electron chi connectivity index (χ2n) is 2.85. The SMILES string of the molecule is CCO[13C](=O)[13CH2][15NH]C(=O)c1ccccc1. The van der Waals surface area contributed by atoms with Crippen molar-refractivity contribution in [1.82, 2.24) is 5.32 Å². The Morgan fingerprint density at radius 2 is 1.93 bits per heavy atom. The van der Waals surface area contributed by atoms with Crippen molar-refractivity contribution >= 4 is 11.9 Å². The molecular weight excluding hydrogens is 197 g/mol. The minimum atomic E-state index is -0.429. The van der Waals surface area contributed by atoms with Crippen LogP contribution in [0.25, 0.3) is 0 Å². The lowest BCUT2D eigenvalue weighted by Crippen LogP contribution is -2.30. The molecule has 1 aromatic carbocycles. The van der Waals surface area contributed by atoms with Gasteiger partial charge in [-0.15, -0.1) is 0 Å². The molecule has 15 heavy (non-hydrogen) atoms. The van der Waals surface area contributed by atoms with Gasteiger partial charge in [-0.25, -0.2) is 0 Å². The zero-order valence-corrected chi connectivity index (χ0v) is 8.53. The van der Waals surface area contributed by atoms with Gasteiger partial charge in [0, 0.05) is 5.56 Å². The van der Waals surface area contributed by atoms with Gasteiger partial charge in [0.05, 0.1) is 6.61 Å². The highest BCUT2D eigenvalue weighted by atomic mass is 16.6. The third kappa shape index (κ3) is 3.81. The predicted molar refractivity (Wildman–Crippen MR) is 55.4 cm³/mol. The number of esters is 1. The molecule has 1 N–H and O–H groups in total. The van der Waals surface area contributed by atoms with Gasteiger partial charge < -0.3 is 10.1 Å². The quantitative estimate of drug-likeness (QED) is 0.458. The smallest absolute Gasteiger partial charge is 0.325 e. The Morgan fingerprint density at radius 1 is 1.27 bits per heavy atom. The maximum Gasteiger partial charge on any atom is 0.325 e. The van der Waals surface area contributed by atoms with Gasteiger partial charge in [0.25, 0.3) is 5.91 Å². The van der Waals surface area contributed by atoms with E-state index >= 15 is 0 Å². The van der Waals surface area contributed by atoms with Crippen LogP contribution >= 0.6 is 0 Å². The fourth-order valence-electron chi connectivity index (χ4n) is 1.06. The summed E-state index contributed by atoms with van der Waals surface area (Å²) in [5.74, 6) is -0.703. The molecule has 0 aliphatic carbocycles. The van der Waals surface area contributed by atoms with Crippen LogP contribution in [-0.2, 0) is 9.53 Å². The average Bonchev–Trinajstić information content (AvgIpc) is 2.27. The van der Waals surface area contributed by atoms with Gasteiger partial charge in [0.2, 0.25) is 0 Å². The molecule has 1 aromatic rings. The van der Waals surface area contributed by atoms with Crippen LogP contribution in [-0.4, -0.2) is 25.0 Å². The molecule has 4 nitrogen and oxygen atoms in total. The minimum Gasteiger partial charge on any atom is -0.465 e. The number of hydrogen-bond acceptors (Lipinski definition) is 3. The zero-order valence-electron chi connectivity index (χ0n) is 8.53. The zero-order chi connectivity index (χ0) is 11.1. The predicted octanol–water partition coefficient (Wildman–Crippen LogP) is 0.979. The molecule has 0 aromatic heterocycles. The molecule has 1 amide bonds. The first kappa shape index (κ1) is 11.2. The second-order valence-corrected chi connectivity index (χ2v) is 2.85. The van der Waals surface area contributed by atoms with E-state index in [1.165, 1.54) is 0 Å². The minimum absolute atomic E-state index is 0.0957. The van der Waals surface area contributed by atoms with Crippen molar-refractivity contribution in [3.8, 4) is 0 Å². The second kappa shape index (κ2) is 5.80. The van der Waals surface area contributed by atoms with Crippen LogP contribution in [0.1, 0.15) is 17.3 Å². The summed E-state index contributed by atoms with van der Waals surface area (Å²) in [6.45, 7) is 1.94. The van der Waals surface area contributed by atoms with E-state index in [1.54, 1.807) is 31.2 Å². The fraction of sp³-hybridized carbons (Fsp3) is 0.273. The van der Waals surface area contributed by atoms with Crippen molar-refractivity contribution < 1.29 is 14.3 Å². The maximum absolute atomic E-state index is 11.4. The van der Waals surface area contributed by atoms with E-state index in [4.69, 9.17) is 0 Å². The molecule has 0 saturated carbocycles. The van der Waals surface area contributed by atoms with E-state index in [9.17, 15) is 9.59 Å². The largest absolute Gasteiger partial charge is 0.465 e. The Bertz CT molecular complexity index is 335. The normalized spacial score (nSPS) is 9.40. The van der Waals surface area contributed by atoms with Crippen molar-refractivity contribution in [3.05, 3.63) is 35.9 Å². The van der Waals surface area contributed by atoms with Gasteiger partial charge in [0.1, 0.15) is 6.54 Å². The van der Waals surface area contributed by atoms with E-state index in [0.717, 1.165) is 0 Å². The van der Waals surface area contributed by atoms with E-state index in [0.29, 0.717) is 12.2 Å². The lowest BCUT2D eigenvalue weighted by atomic mass is 10.2. The van der Waals surface area contributed by atoms with Crippen molar-refractivity contribution in [3.63, 3.8) is 0 Å². The highest BCUT2D eigenvalue weighted by molar-refractivity contribution is 5.95. The lowest BCUT2D eigenvalue weighted by Gasteiger charge is -2.04. The first-order valence-electron chi connectivity index (χ1n) is 4.73. The number of benzene rings is 1. The monoisotopic (exact) mass is 210 g/mol. The summed E-state index contributed by atoms with van der Waals surface area (Å²) < 4.78 is 4.67. The van der Waals surface area contributed by atoms with E-state index in [2.05, 4.69) is 10.1 Å². The number of rotatable bonds is 4. The molecule has 0 saturated heterocycles. The third-order valence-corrected chi connectivity index (χ3v) is 1.73. The van der Waals surface area contributed by atoms with Gasteiger partial charge >= 0.3 is 5.97 Å². The molecule has 0 radical (unpaired) electrons. The molecular formula is C11H13NO3. The molecule has 0 fully saturated rings. The van der Waals surface area contributed by atoms with Gasteiger partial charge in [-0.3, -0.25) is 9.59 Å². The number of ether oxygens (including phenoxy) is 1. The Kier molecular flexibility index (Phi) is 4.34. The summed E-state index contributed by atoms with van der Waals surface area (Å²) in [5.41, 5.74) is 0.529. The molecule has 0 heterocycles. The van der Waals surface area contributed by atoms with Crippen LogP contribution in [0.2, 0.25) is 0 Å². The van der Waals surface area contributed by atoms with E-state index < -0.39 is 5.97 Å². The molecule has 1 rings (SSSR count). The van der Waals surface area contributed by atoms with Crippen LogP contribution in [0.4, 0.5) is 0 Å². The van der Waals surface area contributed by atoms with Crippen molar-refractivity contribution in [2.24, 2.45) is 0 Å². The summed E-state index contributed by atoms with van der Waals surface area (Å²) in [7, 11) is 0. The van der Waals surface area contributed by atoms with Crippen molar-refractivity contribution in [2.45, 2.75) is 6.92 Å². The highest BCUT2D eigenvalue weighted by Gasteiger charge is 2.06. The number of hydrogen-bond donors (Lipinski definition) is 1. The summed E-state index contributed by atoms with van der Waals surface area (Å²) in [6.07, 6.45) is 0. The van der Waals surface area contributed by atoms with Gasteiger partial charge in [-0.1, -0.05) is 18.2 Å². The molecule has 4 heteroatoms. The molecule has 0 aliphatic heterocycles. The molecule has 0 aliphatic rings. The van der Waals surface area contributed by atoms with Crippen LogP contribution in [0.15, 0.2) is 30.3 Å². The molecule has 0 unspecified atom stereocenters. The summed E-state index contributed by atoms with van der Waals surface area (Å²) in [6, 6.07) is 8.71.